The highest BCUT2D eigenvalue weighted by molar-refractivity contribution is 6.33. The number of benzene rings is 2. The molecule has 0 bridgehead atoms. The predicted molar refractivity (Wildman–Crippen MR) is 150 cm³/mol. The molecule has 1 aromatic heterocycles. The van der Waals surface area contributed by atoms with Crippen LogP contribution in [0.3, 0.4) is 0 Å². The maximum absolute atomic E-state index is 14.1. The Labute approximate surface area is 243 Å². The van der Waals surface area contributed by atoms with Crippen molar-refractivity contribution in [2.45, 2.75) is 38.4 Å². The van der Waals surface area contributed by atoms with Crippen molar-refractivity contribution in [2.24, 2.45) is 0 Å². The first kappa shape index (κ1) is 28.9. The van der Waals surface area contributed by atoms with Crippen molar-refractivity contribution in [3.05, 3.63) is 79.8 Å². The molecule has 42 heavy (non-hydrogen) atoms. The van der Waals surface area contributed by atoms with E-state index in [1.165, 1.54) is 23.1 Å². The van der Waals surface area contributed by atoms with E-state index >= 15 is 0 Å². The van der Waals surface area contributed by atoms with Gasteiger partial charge in [0.25, 0.3) is 5.56 Å². The second-order valence-corrected chi connectivity index (χ2v) is 10.5. The third-order valence-electron chi connectivity index (χ3n) is 7.55. The minimum Gasteiger partial charge on any atom is -0.508 e. The molecule has 0 aliphatic carbocycles. The van der Waals surface area contributed by atoms with E-state index in [9.17, 15) is 38.6 Å². The third-order valence-corrected chi connectivity index (χ3v) is 7.93. The number of aliphatic carboxylic acids is 1. The maximum atomic E-state index is 14.1. The molecule has 0 saturated carbocycles. The molecule has 2 aromatic carbocycles. The van der Waals surface area contributed by atoms with Gasteiger partial charge in [-0.05, 0) is 49.1 Å². The summed E-state index contributed by atoms with van der Waals surface area (Å²) in [6.07, 6.45) is 2.61. The number of likely N-dealkylation sites (tertiary alicyclic amines) is 1. The summed E-state index contributed by atoms with van der Waals surface area (Å²) in [7, 11) is 0. The summed E-state index contributed by atoms with van der Waals surface area (Å²) in [4.78, 5) is 66.9. The van der Waals surface area contributed by atoms with Gasteiger partial charge >= 0.3 is 17.7 Å². The number of phenolic OH excluding ortho intramolecular Hbond substituents is 1. The van der Waals surface area contributed by atoms with Gasteiger partial charge in [-0.25, -0.2) is 18.5 Å². The molecule has 2 aliphatic rings. The van der Waals surface area contributed by atoms with Gasteiger partial charge in [0.2, 0.25) is 5.91 Å². The number of halogens is 2. The number of carbonyl (C=O) groups is 3. The van der Waals surface area contributed by atoms with Gasteiger partial charge in [0, 0.05) is 43.1 Å². The Kier molecular flexibility index (Phi) is 8.03. The van der Waals surface area contributed by atoms with Crippen molar-refractivity contribution in [3.8, 4) is 16.9 Å². The molecule has 0 atom stereocenters. The first-order chi connectivity index (χ1) is 20.0. The number of nitrogens with one attached hydrogen (secondary N) is 1. The van der Waals surface area contributed by atoms with Crippen molar-refractivity contribution in [1.82, 2.24) is 18.9 Å². The van der Waals surface area contributed by atoms with Gasteiger partial charge in [0.1, 0.15) is 24.7 Å². The molecule has 3 heterocycles. The molecule has 220 valence electrons. The molecule has 0 spiro atoms. The normalized spacial score (nSPS) is 15.6. The number of carboxylic acids is 1. The van der Waals surface area contributed by atoms with E-state index in [2.05, 4.69) is 5.32 Å². The quantitative estimate of drug-likeness (QED) is 0.367. The van der Waals surface area contributed by atoms with E-state index in [-0.39, 0.29) is 34.0 Å². The number of rotatable bonds is 6. The summed E-state index contributed by atoms with van der Waals surface area (Å²) in [5, 5.41) is 21.5. The van der Waals surface area contributed by atoms with Crippen LogP contribution in [0.2, 0.25) is 5.02 Å². The number of fused-ring (bicyclic) bond motifs is 1. The Morgan fingerprint density at radius 3 is 2.48 bits per heavy atom. The second kappa shape index (κ2) is 11.7. The molecule has 14 heteroatoms. The lowest BCUT2D eigenvalue weighted by atomic mass is 10.0. The van der Waals surface area contributed by atoms with E-state index in [4.69, 9.17) is 11.6 Å². The average molecular weight is 600 g/mol. The number of phenols is 1. The van der Waals surface area contributed by atoms with Crippen LogP contribution in [-0.4, -0.2) is 72.7 Å². The Hall–Kier alpha value is -4.65. The lowest BCUT2D eigenvalue weighted by molar-refractivity contribution is -0.137. The van der Waals surface area contributed by atoms with Gasteiger partial charge in [0.15, 0.2) is 0 Å². The molecule has 0 radical (unpaired) electrons. The molecule has 2 aliphatic heterocycles. The summed E-state index contributed by atoms with van der Waals surface area (Å²) in [6, 6.07) is 8.14. The number of nitrogens with zero attached hydrogens (tertiary/aromatic N) is 4. The molecule has 1 fully saturated rings. The van der Waals surface area contributed by atoms with Crippen LogP contribution < -0.4 is 16.6 Å². The first-order valence-electron chi connectivity index (χ1n) is 13.2. The fraction of sp³-hybridized carbons (Fsp3) is 0.321. The second-order valence-electron chi connectivity index (χ2n) is 10.2. The Morgan fingerprint density at radius 1 is 1.02 bits per heavy atom. The minimum atomic E-state index is -1.45. The van der Waals surface area contributed by atoms with Crippen LogP contribution in [0.5, 0.6) is 5.75 Å². The molecule has 3 amide bonds. The number of urea groups is 1. The number of amides is 3. The van der Waals surface area contributed by atoms with Crippen molar-refractivity contribution in [3.63, 3.8) is 0 Å². The standard InChI is InChI=1S/C28H27ClFN5O7/c29-25-19(2-1-3-21(25)30)20-13-33(28(42)35(26(20)40)15-24(38)39)14-23(37)32-9-7-17(8-10-32)34-11-6-16-12-18(36)4-5-22(16)31-27(34)41/h1-5,12-13,17,36H,6-11,14-15H2,(H,31,41)(H,38,39). The molecule has 1 saturated heterocycles. The van der Waals surface area contributed by atoms with E-state index in [0.717, 1.165) is 22.4 Å². The highest BCUT2D eigenvalue weighted by Crippen LogP contribution is 2.29. The van der Waals surface area contributed by atoms with Crippen LogP contribution in [0, 0.1) is 5.82 Å². The topological polar surface area (TPSA) is 154 Å². The molecular weight excluding hydrogens is 573 g/mol. The van der Waals surface area contributed by atoms with Gasteiger partial charge in [-0.2, -0.15) is 0 Å². The van der Waals surface area contributed by atoms with Crippen LogP contribution in [0.15, 0.2) is 52.2 Å². The Balaban J connectivity index is 1.32. The zero-order valence-corrected chi connectivity index (χ0v) is 23.0. The van der Waals surface area contributed by atoms with Gasteiger partial charge in [0.05, 0.1) is 10.6 Å². The molecule has 3 aromatic rings. The summed E-state index contributed by atoms with van der Waals surface area (Å²) < 4.78 is 15.5. The fourth-order valence-corrected chi connectivity index (χ4v) is 5.63. The number of aromatic nitrogens is 2. The highest BCUT2D eigenvalue weighted by atomic mass is 35.5. The highest BCUT2D eigenvalue weighted by Gasteiger charge is 2.32. The van der Waals surface area contributed by atoms with Gasteiger partial charge in [-0.3, -0.25) is 19.0 Å². The number of aromatic hydroxyl groups is 1. The summed E-state index contributed by atoms with van der Waals surface area (Å²) in [5.74, 6) is -2.59. The molecule has 3 N–H and O–H groups in total. The van der Waals surface area contributed by atoms with Crippen molar-refractivity contribution < 1.29 is 29.0 Å². The number of hydrogen-bond acceptors (Lipinski definition) is 6. The van der Waals surface area contributed by atoms with E-state index in [0.29, 0.717) is 49.2 Å². The van der Waals surface area contributed by atoms with Gasteiger partial charge in [-0.1, -0.05) is 23.7 Å². The zero-order chi connectivity index (χ0) is 30.1. The minimum absolute atomic E-state index is 0.0455. The number of hydrogen-bond donors (Lipinski definition) is 3. The van der Waals surface area contributed by atoms with Crippen LogP contribution in [0.25, 0.3) is 11.1 Å². The monoisotopic (exact) mass is 599 g/mol. The fourth-order valence-electron chi connectivity index (χ4n) is 5.40. The Morgan fingerprint density at radius 2 is 1.76 bits per heavy atom. The van der Waals surface area contributed by atoms with E-state index in [1.54, 1.807) is 17.0 Å². The molecular formula is C28H27ClFN5O7. The number of carboxylic acid groups (broad SMARTS) is 1. The summed E-state index contributed by atoms with van der Waals surface area (Å²) in [5.41, 5.74) is -0.793. The van der Waals surface area contributed by atoms with Crippen LogP contribution in [-0.2, 0) is 29.1 Å². The third kappa shape index (κ3) is 5.73. The average Bonchev–Trinajstić information content (AvgIpc) is 3.12. The Bertz CT molecular complexity index is 1700. The largest absolute Gasteiger partial charge is 0.508 e. The van der Waals surface area contributed by atoms with Crippen LogP contribution in [0.1, 0.15) is 18.4 Å². The lowest BCUT2D eigenvalue weighted by Gasteiger charge is -2.38. The van der Waals surface area contributed by atoms with Crippen molar-refractivity contribution in [2.75, 3.05) is 25.0 Å². The maximum Gasteiger partial charge on any atom is 0.332 e. The number of anilines is 1. The van der Waals surface area contributed by atoms with Gasteiger partial charge in [-0.15, -0.1) is 0 Å². The number of piperidine rings is 1. The number of carbonyl (C=O) groups excluding carboxylic acids is 2. The molecule has 5 rings (SSSR count). The first-order valence-corrected chi connectivity index (χ1v) is 13.6. The van der Waals surface area contributed by atoms with Crippen LogP contribution >= 0.6 is 11.6 Å². The van der Waals surface area contributed by atoms with Gasteiger partial charge < -0.3 is 25.3 Å². The smallest absolute Gasteiger partial charge is 0.332 e. The SMILES string of the molecule is O=C(O)Cn1c(=O)c(-c2cccc(F)c2Cl)cn(CC(=O)N2CCC(N3CCc4cc(O)ccc4NC3=O)CC2)c1=O. The zero-order valence-electron chi connectivity index (χ0n) is 22.3. The van der Waals surface area contributed by atoms with E-state index in [1.807, 2.05) is 0 Å². The van der Waals surface area contributed by atoms with Crippen LogP contribution in [0.4, 0.5) is 14.9 Å². The predicted octanol–water partition coefficient (Wildman–Crippen LogP) is 2.34. The van der Waals surface area contributed by atoms with Crippen molar-refractivity contribution in [1.29, 1.82) is 0 Å². The van der Waals surface area contributed by atoms with Crippen molar-refractivity contribution >= 4 is 35.2 Å². The molecule has 12 nitrogen and oxygen atoms in total. The lowest BCUT2D eigenvalue weighted by Crippen LogP contribution is -2.51. The summed E-state index contributed by atoms with van der Waals surface area (Å²) in [6.45, 7) is -0.418. The molecule has 0 unspecified atom stereocenters. The van der Waals surface area contributed by atoms with E-state index < -0.39 is 42.0 Å². The summed E-state index contributed by atoms with van der Waals surface area (Å²) >= 11 is 6.06.